The molecule has 2 N–H and O–H groups in total. The lowest BCUT2D eigenvalue weighted by Gasteiger charge is -2.21. The molecular formula is C15H20N2O2. The molecule has 1 aromatic carbocycles. The van der Waals surface area contributed by atoms with Crippen LogP contribution in [-0.4, -0.2) is 18.6 Å². The molecule has 0 saturated heterocycles. The zero-order chi connectivity index (χ0) is 13.6. The molecule has 1 aliphatic heterocycles. The molecular weight excluding hydrogens is 240 g/mol. The number of rotatable bonds is 3. The Balaban J connectivity index is 1.74. The molecule has 1 aliphatic carbocycles. The number of hydrogen-bond donors (Lipinski definition) is 2. The zero-order valence-electron chi connectivity index (χ0n) is 11.6. The van der Waals surface area contributed by atoms with Gasteiger partial charge in [-0.05, 0) is 36.5 Å². The molecule has 2 aliphatic rings. The smallest absolute Gasteiger partial charge is 0.262 e. The van der Waals surface area contributed by atoms with E-state index in [1.165, 1.54) is 12.0 Å². The third kappa shape index (κ3) is 2.45. The SMILES string of the molecule is CC(NC1CC1(C)C)c1ccc2c(c1)NC(=O)CO2. The number of anilines is 1. The molecule has 2 unspecified atom stereocenters. The van der Waals surface area contributed by atoms with Crippen molar-refractivity contribution in [2.45, 2.75) is 39.3 Å². The number of carbonyl (C=O) groups is 1. The van der Waals surface area contributed by atoms with Gasteiger partial charge in [-0.3, -0.25) is 4.79 Å². The summed E-state index contributed by atoms with van der Waals surface area (Å²) in [6, 6.07) is 6.85. The summed E-state index contributed by atoms with van der Waals surface area (Å²) in [5.74, 6) is 0.663. The maximum atomic E-state index is 11.3. The van der Waals surface area contributed by atoms with E-state index in [1.807, 2.05) is 12.1 Å². The number of ether oxygens (including phenoxy) is 1. The minimum atomic E-state index is -0.0893. The third-order valence-corrected chi connectivity index (χ3v) is 4.10. The van der Waals surface area contributed by atoms with Crippen LogP contribution < -0.4 is 15.4 Å². The molecule has 4 nitrogen and oxygen atoms in total. The predicted molar refractivity (Wildman–Crippen MR) is 74.3 cm³/mol. The Hall–Kier alpha value is -1.55. The van der Waals surface area contributed by atoms with Crippen molar-refractivity contribution in [2.24, 2.45) is 5.41 Å². The average Bonchev–Trinajstić information content (AvgIpc) is 2.95. The van der Waals surface area contributed by atoms with Crippen LogP contribution in [-0.2, 0) is 4.79 Å². The Kier molecular flexibility index (Phi) is 2.78. The lowest BCUT2D eigenvalue weighted by atomic mass is 10.1. The van der Waals surface area contributed by atoms with Crippen molar-refractivity contribution >= 4 is 11.6 Å². The van der Waals surface area contributed by atoms with Gasteiger partial charge in [0.15, 0.2) is 6.61 Å². The molecule has 1 saturated carbocycles. The first-order valence-corrected chi connectivity index (χ1v) is 6.78. The second-order valence-electron chi connectivity index (χ2n) is 6.23. The predicted octanol–water partition coefficient (Wildman–Crippen LogP) is 2.47. The van der Waals surface area contributed by atoms with Gasteiger partial charge >= 0.3 is 0 Å². The second kappa shape index (κ2) is 4.23. The molecule has 2 atom stereocenters. The van der Waals surface area contributed by atoms with Gasteiger partial charge in [-0.2, -0.15) is 0 Å². The van der Waals surface area contributed by atoms with Crippen molar-refractivity contribution in [2.75, 3.05) is 11.9 Å². The summed E-state index contributed by atoms with van der Waals surface area (Å²) in [7, 11) is 0. The largest absolute Gasteiger partial charge is 0.482 e. The summed E-state index contributed by atoms with van der Waals surface area (Å²) in [5.41, 5.74) is 2.37. The molecule has 0 aromatic heterocycles. The summed E-state index contributed by atoms with van der Waals surface area (Å²) >= 11 is 0. The number of nitrogens with one attached hydrogen (secondary N) is 2. The van der Waals surface area contributed by atoms with E-state index >= 15 is 0 Å². The zero-order valence-corrected chi connectivity index (χ0v) is 11.6. The van der Waals surface area contributed by atoms with Gasteiger partial charge in [0.1, 0.15) is 5.75 Å². The molecule has 1 amide bonds. The molecule has 0 spiro atoms. The van der Waals surface area contributed by atoms with Crippen LogP contribution in [0.15, 0.2) is 18.2 Å². The van der Waals surface area contributed by atoms with Gasteiger partial charge in [0.25, 0.3) is 5.91 Å². The summed E-state index contributed by atoms with van der Waals surface area (Å²) in [6.45, 7) is 6.81. The van der Waals surface area contributed by atoms with Crippen molar-refractivity contribution in [3.63, 3.8) is 0 Å². The number of benzene rings is 1. The Morgan fingerprint density at radius 1 is 1.47 bits per heavy atom. The summed E-state index contributed by atoms with van der Waals surface area (Å²) in [6.07, 6.45) is 1.22. The average molecular weight is 260 g/mol. The first-order valence-electron chi connectivity index (χ1n) is 6.78. The van der Waals surface area contributed by atoms with Gasteiger partial charge in [0.2, 0.25) is 0 Å². The molecule has 0 radical (unpaired) electrons. The van der Waals surface area contributed by atoms with Gasteiger partial charge in [0, 0.05) is 12.1 Å². The molecule has 3 rings (SSSR count). The molecule has 1 aromatic rings. The van der Waals surface area contributed by atoms with Gasteiger partial charge in [-0.15, -0.1) is 0 Å². The third-order valence-electron chi connectivity index (χ3n) is 4.10. The summed E-state index contributed by atoms with van der Waals surface area (Å²) in [5, 5.41) is 6.47. The van der Waals surface area contributed by atoms with Crippen LogP contribution in [0.25, 0.3) is 0 Å². The van der Waals surface area contributed by atoms with E-state index in [1.54, 1.807) is 0 Å². The topological polar surface area (TPSA) is 50.4 Å². The Labute approximate surface area is 113 Å². The first-order chi connectivity index (χ1) is 8.95. The minimum absolute atomic E-state index is 0.0893. The molecule has 19 heavy (non-hydrogen) atoms. The molecule has 0 bridgehead atoms. The lowest BCUT2D eigenvalue weighted by molar-refractivity contribution is -0.118. The van der Waals surface area contributed by atoms with E-state index < -0.39 is 0 Å². The standard InChI is InChI=1S/C15H20N2O2/c1-9(16-13-7-15(13,2)3)10-4-5-12-11(6-10)17-14(18)8-19-12/h4-6,9,13,16H,7-8H2,1-3H3,(H,17,18). The van der Waals surface area contributed by atoms with E-state index in [0.717, 1.165) is 11.4 Å². The Morgan fingerprint density at radius 3 is 2.89 bits per heavy atom. The number of carbonyl (C=O) groups excluding carboxylic acids is 1. The van der Waals surface area contributed by atoms with E-state index in [4.69, 9.17) is 4.74 Å². The second-order valence-corrected chi connectivity index (χ2v) is 6.23. The van der Waals surface area contributed by atoms with Crippen molar-refractivity contribution < 1.29 is 9.53 Å². The van der Waals surface area contributed by atoms with Crippen LogP contribution in [0.1, 0.15) is 38.8 Å². The molecule has 1 fully saturated rings. The van der Waals surface area contributed by atoms with Crippen LogP contribution in [0.4, 0.5) is 5.69 Å². The summed E-state index contributed by atoms with van der Waals surface area (Å²) in [4.78, 5) is 11.3. The van der Waals surface area contributed by atoms with Crippen molar-refractivity contribution in [3.05, 3.63) is 23.8 Å². The monoisotopic (exact) mass is 260 g/mol. The van der Waals surface area contributed by atoms with Crippen LogP contribution >= 0.6 is 0 Å². The molecule has 4 heteroatoms. The van der Waals surface area contributed by atoms with Gasteiger partial charge in [-0.25, -0.2) is 0 Å². The highest BCUT2D eigenvalue weighted by molar-refractivity contribution is 5.95. The quantitative estimate of drug-likeness (QED) is 0.877. The summed E-state index contributed by atoms with van der Waals surface area (Å²) < 4.78 is 5.36. The van der Waals surface area contributed by atoms with Gasteiger partial charge in [-0.1, -0.05) is 19.9 Å². The highest BCUT2D eigenvalue weighted by Crippen LogP contribution is 2.45. The number of amides is 1. The van der Waals surface area contributed by atoms with Crippen LogP contribution in [0.3, 0.4) is 0 Å². The maximum Gasteiger partial charge on any atom is 0.262 e. The van der Waals surface area contributed by atoms with E-state index in [-0.39, 0.29) is 18.6 Å². The fourth-order valence-electron chi connectivity index (χ4n) is 2.52. The fourth-order valence-corrected chi connectivity index (χ4v) is 2.52. The highest BCUT2D eigenvalue weighted by atomic mass is 16.5. The van der Waals surface area contributed by atoms with Gasteiger partial charge in [0.05, 0.1) is 5.69 Å². The van der Waals surface area contributed by atoms with Gasteiger partial charge < -0.3 is 15.4 Å². The van der Waals surface area contributed by atoms with E-state index in [2.05, 4.69) is 37.5 Å². The molecule has 102 valence electrons. The van der Waals surface area contributed by atoms with Crippen LogP contribution in [0.5, 0.6) is 5.75 Å². The Morgan fingerprint density at radius 2 is 2.21 bits per heavy atom. The first kappa shape index (κ1) is 12.5. The maximum absolute atomic E-state index is 11.3. The van der Waals surface area contributed by atoms with Crippen molar-refractivity contribution in [3.8, 4) is 5.75 Å². The van der Waals surface area contributed by atoms with E-state index in [9.17, 15) is 4.79 Å². The highest BCUT2D eigenvalue weighted by Gasteiger charge is 2.45. The van der Waals surface area contributed by atoms with E-state index in [0.29, 0.717) is 11.5 Å². The normalized spacial score (nSPS) is 25.0. The number of hydrogen-bond acceptors (Lipinski definition) is 3. The van der Waals surface area contributed by atoms with Crippen molar-refractivity contribution in [1.29, 1.82) is 0 Å². The number of fused-ring (bicyclic) bond motifs is 1. The molecule has 1 heterocycles. The Bertz CT molecular complexity index is 525. The minimum Gasteiger partial charge on any atom is -0.482 e. The fraction of sp³-hybridized carbons (Fsp3) is 0.533. The van der Waals surface area contributed by atoms with Crippen LogP contribution in [0, 0.1) is 5.41 Å². The van der Waals surface area contributed by atoms with Crippen molar-refractivity contribution in [1.82, 2.24) is 5.32 Å². The van der Waals surface area contributed by atoms with Crippen LogP contribution in [0.2, 0.25) is 0 Å². The lowest BCUT2D eigenvalue weighted by Crippen LogP contribution is -2.27.